The number of hydrogen-bond acceptors (Lipinski definition) is 5. The van der Waals surface area contributed by atoms with Crippen LogP contribution in [0.15, 0.2) is 36.4 Å². The number of nitrogens with zero attached hydrogens (tertiary/aromatic N) is 4. The summed E-state index contributed by atoms with van der Waals surface area (Å²) < 4.78 is 0. The first-order valence-electron chi connectivity index (χ1n) is 8.90. The topological polar surface area (TPSA) is 61.4 Å². The molecule has 0 spiro atoms. The summed E-state index contributed by atoms with van der Waals surface area (Å²) in [5, 5.41) is 3.42. The third-order valence-corrected chi connectivity index (χ3v) is 4.74. The van der Waals surface area contributed by atoms with E-state index in [1.54, 1.807) is 6.92 Å². The Kier molecular flexibility index (Phi) is 4.26. The van der Waals surface area contributed by atoms with Crippen LogP contribution in [0.4, 0.5) is 11.8 Å². The molecule has 1 saturated carbocycles. The molecule has 0 radical (unpaired) electrons. The van der Waals surface area contributed by atoms with Crippen molar-refractivity contribution in [2.45, 2.75) is 25.8 Å². The second-order valence-corrected chi connectivity index (χ2v) is 6.71. The Morgan fingerprint density at radius 2 is 1.80 bits per heavy atom. The average molecular weight is 337 g/mol. The van der Waals surface area contributed by atoms with Crippen LogP contribution in [0.5, 0.6) is 0 Å². The minimum absolute atomic E-state index is 0.142. The second-order valence-electron chi connectivity index (χ2n) is 6.71. The number of carbonyl (C=O) groups excluding carboxylic acids is 1. The zero-order valence-corrected chi connectivity index (χ0v) is 14.5. The number of piperazine rings is 1. The van der Waals surface area contributed by atoms with E-state index in [0.717, 1.165) is 43.3 Å². The van der Waals surface area contributed by atoms with Gasteiger partial charge in [-0.15, -0.1) is 0 Å². The Morgan fingerprint density at radius 1 is 1.08 bits per heavy atom. The van der Waals surface area contributed by atoms with Crippen LogP contribution in [0, 0.1) is 0 Å². The maximum absolute atomic E-state index is 11.5. The number of amides is 1. The predicted octanol–water partition coefficient (Wildman–Crippen LogP) is 2.39. The quantitative estimate of drug-likeness (QED) is 0.928. The van der Waals surface area contributed by atoms with Gasteiger partial charge in [-0.25, -0.2) is 4.98 Å². The van der Waals surface area contributed by atoms with Gasteiger partial charge in [0.15, 0.2) is 0 Å². The summed E-state index contributed by atoms with van der Waals surface area (Å²) in [6, 6.07) is 12.8. The van der Waals surface area contributed by atoms with Crippen molar-refractivity contribution in [3.05, 3.63) is 36.4 Å². The number of anilines is 2. The highest BCUT2D eigenvalue weighted by Gasteiger charge is 2.24. The van der Waals surface area contributed by atoms with E-state index in [2.05, 4.69) is 28.4 Å². The van der Waals surface area contributed by atoms with Gasteiger partial charge >= 0.3 is 0 Å². The SMILES string of the molecule is CC(=O)N1CCN(c2cc(-c3ccccc3)nc(NC3CC3)n2)CC1. The van der Waals surface area contributed by atoms with E-state index in [1.165, 1.54) is 12.8 Å². The van der Waals surface area contributed by atoms with Crippen molar-refractivity contribution in [2.24, 2.45) is 0 Å². The van der Waals surface area contributed by atoms with Crippen molar-refractivity contribution in [3.8, 4) is 11.3 Å². The lowest BCUT2D eigenvalue weighted by Gasteiger charge is -2.35. The highest BCUT2D eigenvalue weighted by Crippen LogP contribution is 2.27. The molecule has 6 heteroatoms. The summed E-state index contributed by atoms with van der Waals surface area (Å²) in [5.41, 5.74) is 2.02. The highest BCUT2D eigenvalue weighted by atomic mass is 16.2. The van der Waals surface area contributed by atoms with Crippen molar-refractivity contribution in [1.29, 1.82) is 0 Å². The Hall–Kier alpha value is -2.63. The largest absolute Gasteiger partial charge is 0.353 e. The molecule has 2 fully saturated rings. The van der Waals surface area contributed by atoms with E-state index >= 15 is 0 Å². The van der Waals surface area contributed by atoms with Crippen molar-refractivity contribution >= 4 is 17.7 Å². The third kappa shape index (κ3) is 3.73. The monoisotopic (exact) mass is 337 g/mol. The molecular weight excluding hydrogens is 314 g/mol. The van der Waals surface area contributed by atoms with Crippen molar-refractivity contribution in [2.75, 3.05) is 36.4 Å². The van der Waals surface area contributed by atoms with Gasteiger partial charge in [0, 0.05) is 50.8 Å². The van der Waals surface area contributed by atoms with Crippen LogP contribution in [0.2, 0.25) is 0 Å². The number of rotatable bonds is 4. The smallest absolute Gasteiger partial charge is 0.225 e. The third-order valence-electron chi connectivity index (χ3n) is 4.74. The Bertz CT molecular complexity index is 752. The summed E-state index contributed by atoms with van der Waals surface area (Å²) in [6.07, 6.45) is 2.37. The number of aromatic nitrogens is 2. The maximum Gasteiger partial charge on any atom is 0.225 e. The van der Waals surface area contributed by atoms with Gasteiger partial charge in [-0.1, -0.05) is 30.3 Å². The Morgan fingerprint density at radius 3 is 2.44 bits per heavy atom. The molecule has 2 aliphatic rings. The van der Waals surface area contributed by atoms with Crippen LogP contribution in [0.25, 0.3) is 11.3 Å². The molecule has 6 nitrogen and oxygen atoms in total. The first-order valence-corrected chi connectivity index (χ1v) is 8.90. The number of benzene rings is 1. The molecule has 0 bridgehead atoms. The molecule has 2 heterocycles. The standard InChI is InChI=1S/C19H23N5O/c1-14(25)23-9-11-24(12-10-23)18-13-17(15-5-3-2-4-6-15)21-19(22-18)20-16-7-8-16/h2-6,13,16H,7-12H2,1H3,(H,20,21,22). The second kappa shape index (κ2) is 6.70. The van der Waals surface area contributed by atoms with Gasteiger partial charge in [0.2, 0.25) is 11.9 Å². The summed E-state index contributed by atoms with van der Waals surface area (Å²) >= 11 is 0. The Labute approximate surface area is 147 Å². The normalized spacial score (nSPS) is 17.5. The van der Waals surface area contributed by atoms with Gasteiger partial charge < -0.3 is 15.1 Å². The lowest BCUT2D eigenvalue weighted by Crippen LogP contribution is -2.48. The van der Waals surface area contributed by atoms with E-state index in [0.29, 0.717) is 12.0 Å². The van der Waals surface area contributed by atoms with Crippen LogP contribution in [0.1, 0.15) is 19.8 Å². The van der Waals surface area contributed by atoms with E-state index in [4.69, 9.17) is 9.97 Å². The number of nitrogens with one attached hydrogen (secondary N) is 1. The summed E-state index contributed by atoms with van der Waals surface area (Å²) in [6.45, 7) is 4.71. The molecule has 1 aliphatic carbocycles. The van der Waals surface area contributed by atoms with E-state index < -0.39 is 0 Å². The molecular formula is C19H23N5O. The molecule has 1 amide bonds. The first kappa shape index (κ1) is 15.9. The molecule has 130 valence electrons. The van der Waals surface area contributed by atoms with Gasteiger partial charge in [0.25, 0.3) is 0 Å². The fraction of sp³-hybridized carbons (Fsp3) is 0.421. The van der Waals surface area contributed by atoms with Crippen LogP contribution in [0.3, 0.4) is 0 Å². The lowest BCUT2D eigenvalue weighted by atomic mass is 10.1. The van der Waals surface area contributed by atoms with E-state index in [-0.39, 0.29) is 5.91 Å². The van der Waals surface area contributed by atoms with Crippen molar-refractivity contribution < 1.29 is 4.79 Å². The molecule has 0 atom stereocenters. The molecule has 4 rings (SSSR count). The predicted molar refractivity (Wildman–Crippen MR) is 98.6 cm³/mol. The molecule has 1 aromatic carbocycles. The van der Waals surface area contributed by atoms with Gasteiger partial charge in [-0.05, 0) is 12.8 Å². The molecule has 1 N–H and O–H groups in total. The van der Waals surface area contributed by atoms with Crippen molar-refractivity contribution in [1.82, 2.24) is 14.9 Å². The number of carbonyl (C=O) groups is 1. The molecule has 25 heavy (non-hydrogen) atoms. The summed E-state index contributed by atoms with van der Waals surface area (Å²) in [5.74, 6) is 1.77. The molecule has 1 aliphatic heterocycles. The van der Waals surface area contributed by atoms with Gasteiger partial charge in [0.1, 0.15) is 5.82 Å². The fourth-order valence-corrected chi connectivity index (χ4v) is 3.08. The molecule has 1 aromatic heterocycles. The van der Waals surface area contributed by atoms with Gasteiger partial charge in [-0.3, -0.25) is 4.79 Å². The first-order chi connectivity index (χ1) is 12.2. The fourth-order valence-electron chi connectivity index (χ4n) is 3.08. The zero-order chi connectivity index (χ0) is 17.2. The molecule has 1 saturated heterocycles. The van der Waals surface area contributed by atoms with E-state index in [1.807, 2.05) is 23.1 Å². The van der Waals surface area contributed by atoms with Crippen LogP contribution in [-0.4, -0.2) is 53.0 Å². The number of hydrogen-bond donors (Lipinski definition) is 1. The zero-order valence-electron chi connectivity index (χ0n) is 14.5. The van der Waals surface area contributed by atoms with Crippen LogP contribution < -0.4 is 10.2 Å². The summed E-state index contributed by atoms with van der Waals surface area (Å²) in [4.78, 5) is 25.1. The average Bonchev–Trinajstić information content (AvgIpc) is 3.46. The Balaban J connectivity index is 1.61. The lowest BCUT2D eigenvalue weighted by molar-refractivity contribution is -0.129. The highest BCUT2D eigenvalue weighted by molar-refractivity contribution is 5.73. The minimum atomic E-state index is 0.142. The van der Waals surface area contributed by atoms with Gasteiger partial charge in [0.05, 0.1) is 5.69 Å². The molecule has 0 unspecified atom stereocenters. The van der Waals surface area contributed by atoms with E-state index in [9.17, 15) is 4.79 Å². The molecule has 2 aromatic rings. The minimum Gasteiger partial charge on any atom is -0.353 e. The van der Waals surface area contributed by atoms with Gasteiger partial charge in [-0.2, -0.15) is 4.98 Å². The summed E-state index contributed by atoms with van der Waals surface area (Å²) in [7, 11) is 0. The van der Waals surface area contributed by atoms with Crippen LogP contribution >= 0.6 is 0 Å². The van der Waals surface area contributed by atoms with Crippen LogP contribution in [-0.2, 0) is 4.79 Å². The maximum atomic E-state index is 11.5. The van der Waals surface area contributed by atoms with Crippen molar-refractivity contribution in [3.63, 3.8) is 0 Å².